The molecule has 0 unspecified atom stereocenters. The number of ether oxygens (including phenoxy) is 2. The van der Waals surface area contributed by atoms with E-state index in [9.17, 15) is 13.5 Å². The van der Waals surface area contributed by atoms with Crippen LogP contribution in [0.25, 0.3) is 0 Å². The molecule has 0 radical (unpaired) electrons. The summed E-state index contributed by atoms with van der Waals surface area (Å²) in [7, 11) is -3.84. The number of sulfonamides is 1. The molecule has 2 aromatic carbocycles. The third-order valence-corrected chi connectivity index (χ3v) is 5.63. The highest BCUT2D eigenvalue weighted by molar-refractivity contribution is 7.89. The highest BCUT2D eigenvalue weighted by Crippen LogP contribution is 2.35. The van der Waals surface area contributed by atoms with Gasteiger partial charge >= 0.3 is 0 Å². The van der Waals surface area contributed by atoms with Crippen LogP contribution in [0.3, 0.4) is 0 Å². The predicted octanol–water partition coefficient (Wildman–Crippen LogP) is 2.25. The average molecular weight is 370 g/mol. The van der Waals surface area contributed by atoms with Crippen LogP contribution < -0.4 is 14.2 Å². The highest BCUT2D eigenvalue weighted by atomic mass is 35.5. The molecular formula is C16H16ClNO5S. The molecule has 1 aliphatic rings. The predicted molar refractivity (Wildman–Crippen MR) is 88.8 cm³/mol. The number of hydrogen-bond acceptors (Lipinski definition) is 5. The number of aliphatic hydroxyl groups is 1. The molecule has 0 fully saturated rings. The molecule has 0 saturated heterocycles. The normalized spacial score (nSPS) is 16.0. The molecule has 0 aromatic heterocycles. The second-order valence-electron chi connectivity index (χ2n) is 5.60. The van der Waals surface area contributed by atoms with Gasteiger partial charge in [0.2, 0.25) is 16.8 Å². The van der Waals surface area contributed by atoms with Crippen molar-refractivity contribution < 1.29 is 23.0 Å². The first-order valence-corrected chi connectivity index (χ1v) is 9.02. The minimum absolute atomic E-state index is 0.0341. The molecule has 1 aliphatic heterocycles. The summed E-state index contributed by atoms with van der Waals surface area (Å²) in [5, 5.41) is 10.8. The largest absolute Gasteiger partial charge is 0.454 e. The topological polar surface area (TPSA) is 84.9 Å². The molecule has 2 N–H and O–H groups in total. The van der Waals surface area contributed by atoms with Gasteiger partial charge in [-0.3, -0.25) is 0 Å². The van der Waals surface area contributed by atoms with Crippen LogP contribution in [0, 0.1) is 0 Å². The van der Waals surface area contributed by atoms with Crippen molar-refractivity contribution in [2.24, 2.45) is 0 Å². The van der Waals surface area contributed by atoms with Crippen LogP contribution in [0.1, 0.15) is 12.5 Å². The van der Waals surface area contributed by atoms with Crippen molar-refractivity contribution in [3.05, 3.63) is 53.1 Å². The third-order valence-electron chi connectivity index (χ3n) is 3.73. The standard InChI is InChI=1S/C16H16ClNO5S/c1-16(19,11-6-7-13-14(8-11)23-10-22-13)9-18-24(20,21)15-5-3-2-4-12(15)17/h2-8,18-19H,9-10H2,1H3/t16-/m1/s1. The van der Waals surface area contributed by atoms with Gasteiger partial charge in [0, 0.05) is 6.54 Å². The summed E-state index contributed by atoms with van der Waals surface area (Å²) < 4.78 is 37.6. The maximum atomic E-state index is 12.4. The fourth-order valence-corrected chi connectivity index (χ4v) is 3.96. The van der Waals surface area contributed by atoms with Gasteiger partial charge in [0.15, 0.2) is 11.5 Å². The zero-order valence-corrected chi connectivity index (χ0v) is 14.4. The lowest BCUT2D eigenvalue weighted by Crippen LogP contribution is -2.38. The molecule has 1 atom stereocenters. The molecule has 6 nitrogen and oxygen atoms in total. The van der Waals surface area contributed by atoms with Crippen LogP contribution in [-0.4, -0.2) is 26.9 Å². The molecule has 0 spiro atoms. The summed E-state index contributed by atoms with van der Waals surface area (Å²) in [4.78, 5) is -0.0341. The lowest BCUT2D eigenvalue weighted by atomic mass is 9.96. The van der Waals surface area contributed by atoms with Crippen molar-refractivity contribution in [2.75, 3.05) is 13.3 Å². The van der Waals surface area contributed by atoms with Crippen LogP contribution in [0.2, 0.25) is 5.02 Å². The van der Waals surface area contributed by atoms with E-state index in [0.29, 0.717) is 17.1 Å². The Morgan fingerprint density at radius 1 is 1.21 bits per heavy atom. The van der Waals surface area contributed by atoms with Gasteiger partial charge in [-0.1, -0.05) is 29.8 Å². The Balaban J connectivity index is 1.79. The Kier molecular flexibility index (Phi) is 4.44. The summed E-state index contributed by atoms with van der Waals surface area (Å²) >= 11 is 5.93. The maximum Gasteiger partial charge on any atom is 0.242 e. The number of nitrogens with one attached hydrogen (secondary N) is 1. The molecule has 24 heavy (non-hydrogen) atoms. The van der Waals surface area contributed by atoms with Gasteiger partial charge < -0.3 is 14.6 Å². The minimum Gasteiger partial charge on any atom is -0.454 e. The van der Waals surface area contributed by atoms with Gasteiger partial charge in [-0.2, -0.15) is 0 Å². The van der Waals surface area contributed by atoms with Crippen LogP contribution in [-0.2, 0) is 15.6 Å². The second kappa shape index (κ2) is 6.25. The molecule has 0 amide bonds. The van der Waals surface area contributed by atoms with Crippen molar-refractivity contribution in [3.8, 4) is 11.5 Å². The van der Waals surface area contributed by atoms with E-state index in [-0.39, 0.29) is 23.3 Å². The van der Waals surface area contributed by atoms with E-state index in [1.165, 1.54) is 19.1 Å². The summed E-state index contributed by atoms with van der Waals surface area (Å²) in [6.45, 7) is 1.42. The Morgan fingerprint density at radius 3 is 2.67 bits per heavy atom. The summed E-state index contributed by atoms with van der Waals surface area (Å²) in [5.41, 5.74) is -0.927. The Bertz CT molecular complexity index is 867. The second-order valence-corrected chi connectivity index (χ2v) is 7.74. The monoisotopic (exact) mass is 369 g/mol. The zero-order chi connectivity index (χ0) is 17.4. The highest BCUT2D eigenvalue weighted by Gasteiger charge is 2.29. The summed E-state index contributed by atoms with van der Waals surface area (Å²) in [6, 6.07) is 11.1. The van der Waals surface area contributed by atoms with E-state index in [1.807, 2.05) is 0 Å². The van der Waals surface area contributed by atoms with Gasteiger partial charge in [-0.15, -0.1) is 0 Å². The van der Waals surface area contributed by atoms with Crippen molar-refractivity contribution in [3.63, 3.8) is 0 Å². The first-order valence-electron chi connectivity index (χ1n) is 7.16. The number of rotatable bonds is 5. The van der Waals surface area contributed by atoms with Crippen LogP contribution >= 0.6 is 11.6 Å². The quantitative estimate of drug-likeness (QED) is 0.844. The van der Waals surface area contributed by atoms with E-state index >= 15 is 0 Å². The Hall–Kier alpha value is -1.80. The average Bonchev–Trinajstić information content (AvgIpc) is 3.01. The van der Waals surface area contributed by atoms with Gasteiger partial charge in [0.25, 0.3) is 0 Å². The lowest BCUT2D eigenvalue weighted by Gasteiger charge is -2.24. The van der Waals surface area contributed by atoms with Gasteiger partial charge in [-0.25, -0.2) is 13.1 Å². The van der Waals surface area contributed by atoms with Crippen LogP contribution in [0.5, 0.6) is 11.5 Å². The van der Waals surface area contributed by atoms with Crippen LogP contribution in [0.4, 0.5) is 0 Å². The molecule has 0 saturated carbocycles. The van der Waals surface area contributed by atoms with Gasteiger partial charge in [-0.05, 0) is 36.8 Å². The molecule has 8 heteroatoms. The van der Waals surface area contributed by atoms with Crippen molar-refractivity contribution >= 4 is 21.6 Å². The first-order chi connectivity index (χ1) is 11.3. The maximum absolute atomic E-state index is 12.4. The zero-order valence-electron chi connectivity index (χ0n) is 12.8. The van der Waals surface area contributed by atoms with E-state index in [0.717, 1.165) is 0 Å². The number of halogens is 1. The molecular weight excluding hydrogens is 354 g/mol. The van der Waals surface area contributed by atoms with Crippen molar-refractivity contribution in [1.82, 2.24) is 4.72 Å². The van der Waals surface area contributed by atoms with E-state index in [2.05, 4.69) is 4.72 Å². The minimum atomic E-state index is -3.84. The fraction of sp³-hybridized carbons (Fsp3) is 0.250. The van der Waals surface area contributed by atoms with Gasteiger partial charge in [0.1, 0.15) is 10.5 Å². The lowest BCUT2D eigenvalue weighted by molar-refractivity contribution is 0.0625. The van der Waals surface area contributed by atoms with Crippen molar-refractivity contribution in [1.29, 1.82) is 0 Å². The third kappa shape index (κ3) is 3.34. The number of hydrogen-bond donors (Lipinski definition) is 2. The number of benzene rings is 2. The van der Waals surface area contributed by atoms with E-state index in [4.69, 9.17) is 21.1 Å². The number of fused-ring (bicyclic) bond motifs is 1. The van der Waals surface area contributed by atoms with E-state index in [1.54, 1.807) is 30.3 Å². The summed E-state index contributed by atoms with van der Waals surface area (Å²) in [6.07, 6.45) is 0. The van der Waals surface area contributed by atoms with Gasteiger partial charge in [0.05, 0.1) is 5.02 Å². The smallest absolute Gasteiger partial charge is 0.242 e. The molecule has 0 aliphatic carbocycles. The molecule has 1 heterocycles. The molecule has 128 valence electrons. The Labute approximate surface area is 145 Å². The van der Waals surface area contributed by atoms with Crippen LogP contribution in [0.15, 0.2) is 47.4 Å². The fourth-order valence-electron chi connectivity index (χ4n) is 2.31. The summed E-state index contributed by atoms with van der Waals surface area (Å²) in [5.74, 6) is 1.10. The SMILES string of the molecule is C[C@@](O)(CNS(=O)(=O)c1ccccc1Cl)c1ccc2c(c1)OCO2. The molecule has 3 rings (SSSR count). The first kappa shape index (κ1) is 17.0. The van der Waals surface area contributed by atoms with E-state index < -0.39 is 15.6 Å². The van der Waals surface area contributed by atoms with Crippen molar-refractivity contribution in [2.45, 2.75) is 17.4 Å². The Morgan fingerprint density at radius 2 is 1.92 bits per heavy atom. The molecule has 2 aromatic rings. The molecule has 0 bridgehead atoms.